The summed E-state index contributed by atoms with van der Waals surface area (Å²) in [5, 5.41) is 8.95. The molecule has 4 bridgehead atoms. The second-order valence-electron chi connectivity index (χ2n) is 7.85. The molecule has 1 amide bonds. The maximum atomic E-state index is 13.4. The summed E-state index contributed by atoms with van der Waals surface area (Å²) in [4.78, 5) is 39.0. The molecule has 1 atom stereocenters. The summed E-state index contributed by atoms with van der Waals surface area (Å²) in [5.74, 6) is 0.0783. The number of carbonyl (C=O) groups is 1. The van der Waals surface area contributed by atoms with Crippen molar-refractivity contribution in [1.29, 1.82) is 0 Å². The average molecular weight is 464 g/mol. The number of halogens is 1. The van der Waals surface area contributed by atoms with E-state index in [1.807, 2.05) is 6.92 Å². The molecule has 11 nitrogen and oxygen atoms in total. The van der Waals surface area contributed by atoms with Gasteiger partial charge in [0, 0.05) is 19.3 Å². The summed E-state index contributed by atoms with van der Waals surface area (Å²) in [6, 6.07) is 5.31. The van der Waals surface area contributed by atoms with E-state index < -0.39 is 17.4 Å². The fourth-order valence-electron chi connectivity index (χ4n) is 3.69. The van der Waals surface area contributed by atoms with Gasteiger partial charge in [-0.1, -0.05) is 0 Å². The molecular weight excluding hydrogens is 443 g/mol. The van der Waals surface area contributed by atoms with E-state index in [4.69, 9.17) is 4.74 Å². The maximum Gasteiger partial charge on any atom is 0.328 e. The van der Waals surface area contributed by atoms with Gasteiger partial charge in [0.2, 0.25) is 0 Å². The van der Waals surface area contributed by atoms with Crippen LogP contribution in [0, 0.1) is 5.82 Å². The Morgan fingerprint density at radius 3 is 2.82 bits per heavy atom. The Bertz CT molecular complexity index is 1450. The fourth-order valence-corrected chi connectivity index (χ4v) is 3.69. The summed E-state index contributed by atoms with van der Waals surface area (Å²) in [7, 11) is 1.73. The molecule has 0 aromatic carbocycles. The van der Waals surface area contributed by atoms with Crippen molar-refractivity contribution in [2.24, 2.45) is 0 Å². The topological polar surface area (TPSA) is 128 Å². The number of hydrogen-bond acceptors (Lipinski definition) is 8. The van der Waals surface area contributed by atoms with Gasteiger partial charge in [0.05, 0.1) is 31.1 Å². The molecule has 1 aliphatic heterocycles. The van der Waals surface area contributed by atoms with E-state index in [2.05, 4.69) is 30.9 Å². The van der Waals surface area contributed by atoms with Crippen molar-refractivity contribution in [1.82, 2.24) is 29.4 Å². The first-order valence-corrected chi connectivity index (χ1v) is 10.5. The first kappa shape index (κ1) is 21.5. The Kier molecular flexibility index (Phi) is 5.42. The van der Waals surface area contributed by atoms with Gasteiger partial charge in [-0.3, -0.25) is 9.36 Å². The second-order valence-corrected chi connectivity index (χ2v) is 7.85. The van der Waals surface area contributed by atoms with Crippen LogP contribution >= 0.6 is 0 Å². The van der Waals surface area contributed by atoms with Crippen LogP contribution in [0.1, 0.15) is 12.5 Å². The third-order valence-electron chi connectivity index (χ3n) is 5.29. The minimum absolute atomic E-state index is 0.168. The first-order chi connectivity index (χ1) is 16.4. The molecule has 174 valence electrons. The van der Waals surface area contributed by atoms with Crippen LogP contribution in [0.25, 0.3) is 17.0 Å². The molecule has 0 fully saturated rings. The number of nitrogens with zero attached hydrogens (tertiary/aromatic N) is 5. The third-order valence-corrected chi connectivity index (χ3v) is 5.29. The van der Waals surface area contributed by atoms with Crippen LogP contribution in [0.3, 0.4) is 0 Å². The zero-order valence-electron chi connectivity index (χ0n) is 18.4. The van der Waals surface area contributed by atoms with Crippen molar-refractivity contribution in [2.75, 3.05) is 24.3 Å². The van der Waals surface area contributed by atoms with E-state index >= 15 is 0 Å². The number of carbonyl (C=O) groups excluding carboxylic acids is 1. The van der Waals surface area contributed by atoms with Crippen molar-refractivity contribution in [3.63, 3.8) is 0 Å². The number of imidazole rings is 1. The van der Waals surface area contributed by atoms with Crippen molar-refractivity contribution >= 4 is 34.4 Å². The van der Waals surface area contributed by atoms with E-state index in [0.29, 0.717) is 28.2 Å². The zero-order chi connectivity index (χ0) is 23.8. The molecule has 5 rings (SSSR count). The van der Waals surface area contributed by atoms with Crippen molar-refractivity contribution < 1.29 is 13.9 Å². The molecule has 0 saturated carbocycles. The van der Waals surface area contributed by atoms with Gasteiger partial charge in [-0.2, -0.15) is 0 Å². The lowest BCUT2D eigenvalue weighted by atomic mass is 10.2. The highest BCUT2D eigenvalue weighted by Crippen LogP contribution is 2.26. The van der Waals surface area contributed by atoms with Gasteiger partial charge in [0.15, 0.2) is 5.65 Å². The number of ether oxygens (including phenoxy) is 1. The average Bonchev–Trinajstić information content (AvgIpc) is 3.25. The smallest absolute Gasteiger partial charge is 0.328 e. The summed E-state index contributed by atoms with van der Waals surface area (Å²) in [6.45, 7) is 2.22. The molecule has 0 radical (unpaired) electrons. The number of aromatic nitrogens is 5. The van der Waals surface area contributed by atoms with Gasteiger partial charge in [-0.25, -0.2) is 28.7 Å². The van der Waals surface area contributed by atoms with Gasteiger partial charge in [0.1, 0.15) is 35.0 Å². The normalized spacial score (nSPS) is 16.1. The van der Waals surface area contributed by atoms with Gasteiger partial charge < -0.3 is 20.7 Å². The highest BCUT2D eigenvalue weighted by Gasteiger charge is 2.19. The minimum Gasteiger partial charge on any atom is -0.386 e. The number of hydrogen-bond donors (Lipinski definition) is 3. The molecule has 3 N–H and O–H groups in total. The quantitative estimate of drug-likeness (QED) is 0.413. The molecule has 4 aromatic rings. The van der Waals surface area contributed by atoms with Crippen LogP contribution < -0.4 is 21.5 Å². The van der Waals surface area contributed by atoms with Crippen LogP contribution in [0.15, 0.2) is 47.8 Å². The van der Waals surface area contributed by atoms with Crippen LogP contribution in [0.4, 0.5) is 26.4 Å². The Morgan fingerprint density at radius 2 is 2.06 bits per heavy atom. The Balaban J connectivity index is 1.69. The van der Waals surface area contributed by atoms with Crippen LogP contribution in [0.2, 0.25) is 0 Å². The van der Waals surface area contributed by atoms with E-state index in [-0.39, 0.29) is 30.8 Å². The van der Waals surface area contributed by atoms with E-state index in [9.17, 15) is 14.0 Å². The van der Waals surface area contributed by atoms with Gasteiger partial charge >= 0.3 is 6.03 Å². The maximum absolute atomic E-state index is 13.4. The monoisotopic (exact) mass is 464 g/mol. The number of fused-ring (bicyclic) bond motifs is 3. The molecule has 0 aliphatic carbocycles. The number of anilines is 3. The SMILES string of the molecule is CNc1cc2nc3c1ncn3C(=O)N[C@H](C)COCc1cc(c(=O)n(-c3ccc(F)cn3)c1)N2. The number of amides is 1. The standard InChI is InChI=1S/C22H21FN8O3/c1-12-9-34-10-13-5-16(21(32)30(8-13)18-4-3-14(23)7-25-18)28-17-6-15(24-2)19-20(29-17)31(11-26-19)22(33)27-12/h3-8,11-12H,9-10H2,1-2H3,(H,27,33)(H2,24,28,29)/t12-/m1/s1. The van der Waals surface area contributed by atoms with Gasteiger partial charge in [-0.15, -0.1) is 0 Å². The first-order valence-electron chi connectivity index (χ1n) is 10.5. The lowest BCUT2D eigenvalue weighted by Crippen LogP contribution is -2.38. The number of rotatable bonds is 2. The molecule has 0 saturated heterocycles. The predicted octanol–water partition coefficient (Wildman–Crippen LogP) is 2.38. The van der Waals surface area contributed by atoms with E-state index in [1.54, 1.807) is 25.4 Å². The minimum atomic E-state index is -0.506. The van der Waals surface area contributed by atoms with Crippen LogP contribution in [0.5, 0.6) is 0 Å². The Morgan fingerprint density at radius 1 is 1.21 bits per heavy atom. The molecular formula is C22H21FN8O3. The molecule has 4 aromatic heterocycles. The Hall–Kier alpha value is -4.32. The zero-order valence-corrected chi connectivity index (χ0v) is 18.4. The molecule has 1 aliphatic rings. The van der Waals surface area contributed by atoms with E-state index in [1.165, 1.54) is 27.6 Å². The van der Waals surface area contributed by atoms with Gasteiger partial charge in [0.25, 0.3) is 5.56 Å². The van der Waals surface area contributed by atoms with Crippen molar-refractivity contribution in [3.8, 4) is 5.82 Å². The lowest BCUT2D eigenvalue weighted by molar-refractivity contribution is 0.104. The molecule has 12 heteroatoms. The summed E-state index contributed by atoms with van der Waals surface area (Å²) < 4.78 is 21.8. The third kappa shape index (κ3) is 3.94. The largest absolute Gasteiger partial charge is 0.386 e. The molecule has 34 heavy (non-hydrogen) atoms. The lowest BCUT2D eigenvalue weighted by Gasteiger charge is -2.17. The summed E-state index contributed by atoms with van der Waals surface area (Å²) >= 11 is 0. The van der Waals surface area contributed by atoms with Crippen molar-refractivity contribution in [3.05, 3.63) is 64.7 Å². The number of pyridine rings is 3. The second kappa shape index (κ2) is 8.56. The summed E-state index contributed by atoms with van der Waals surface area (Å²) in [5.41, 5.74) is 1.90. The highest BCUT2D eigenvalue weighted by molar-refractivity contribution is 5.94. The molecule has 5 heterocycles. The van der Waals surface area contributed by atoms with Gasteiger partial charge in [-0.05, 0) is 30.7 Å². The predicted molar refractivity (Wildman–Crippen MR) is 123 cm³/mol. The highest BCUT2D eigenvalue weighted by atomic mass is 19.1. The Labute approximate surface area is 192 Å². The molecule has 0 unspecified atom stereocenters. The fraction of sp³-hybridized carbons (Fsp3) is 0.227. The molecule has 0 spiro atoms. The summed E-state index contributed by atoms with van der Waals surface area (Å²) in [6.07, 6.45) is 4.03. The number of nitrogens with one attached hydrogen (secondary N) is 3. The van der Waals surface area contributed by atoms with Crippen molar-refractivity contribution in [2.45, 2.75) is 19.6 Å². The van der Waals surface area contributed by atoms with Crippen LogP contribution in [-0.2, 0) is 11.3 Å². The van der Waals surface area contributed by atoms with Crippen LogP contribution in [-0.4, -0.2) is 49.8 Å². The van der Waals surface area contributed by atoms with E-state index in [0.717, 1.165) is 6.20 Å².